The van der Waals surface area contributed by atoms with Crippen LogP contribution in [0, 0.1) is 0 Å². The number of urea groups is 1. The second-order valence-electron chi connectivity index (χ2n) is 7.94. The minimum absolute atomic E-state index is 0.0189. The molecule has 1 unspecified atom stereocenters. The van der Waals surface area contributed by atoms with Crippen LogP contribution in [0.15, 0.2) is 72.8 Å². The second kappa shape index (κ2) is 7.53. The van der Waals surface area contributed by atoms with Gasteiger partial charge in [0.1, 0.15) is 5.75 Å². The van der Waals surface area contributed by atoms with E-state index in [1.165, 1.54) is 0 Å². The highest BCUT2D eigenvalue weighted by Gasteiger charge is 2.50. The van der Waals surface area contributed by atoms with Crippen molar-refractivity contribution in [1.29, 1.82) is 0 Å². The van der Waals surface area contributed by atoms with Crippen LogP contribution in [0.5, 0.6) is 5.75 Å². The van der Waals surface area contributed by atoms with Crippen molar-refractivity contribution >= 4 is 17.8 Å². The van der Waals surface area contributed by atoms with Gasteiger partial charge >= 0.3 is 6.03 Å². The molecule has 2 aliphatic rings. The van der Waals surface area contributed by atoms with E-state index < -0.39 is 17.5 Å². The maximum Gasteiger partial charge on any atom is 0.322 e. The third kappa shape index (κ3) is 3.19. The van der Waals surface area contributed by atoms with Crippen molar-refractivity contribution in [2.45, 2.75) is 12.1 Å². The number of methoxy groups -OCH3 is 1. The van der Waals surface area contributed by atoms with Gasteiger partial charge in [-0.3, -0.25) is 14.9 Å². The average molecular weight is 427 g/mol. The van der Waals surface area contributed by atoms with Crippen molar-refractivity contribution in [3.8, 4) is 16.9 Å². The minimum atomic E-state index is -1.37. The SMILES string of the molecule is COc1ccc2c(c1)CN(CC1(c3ccc(-c4ccccc4)cc3)NC(=O)NC1=O)C2=O. The predicted molar refractivity (Wildman–Crippen MR) is 118 cm³/mol. The number of imide groups is 1. The minimum Gasteiger partial charge on any atom is -0.497 e. The lowest BCUT2D eigenvalue weighted by Gasteiger charge is -2.31. The predicted octanol–water partition coefficient (Wildman–Crippen LogP) is 3.05. The van der Waals surface area contributed by atoms with Crippen LogP contribution in [0.4, 0.5) is 4.79 Å². The van der Waals surface area contributed by atoms with Crippen LogP contribution < -0.4 is 15.4 Å². The summed E-state index contributed by atoms with van der Waals surface area (Å²) in [4.78, 5) is 39.7. The van der Waals surface area contributed by atoms with Crippen molar-refractivity contribution < 1.29 is 19.1 Å². The number of rotatable bonds is 5. The van der Waals surface area contributed by atoms with Gasteiger partial charge in [-0.1, -0.05) is 54.6 Å². The Morgan fingerprint density at radius 3 is 2.31 bits per heavy atom. The van der Waals surface area contributed by atoms with Gasteiger partial charge in [0, 0.05) is 12.1 Å². The molecule has 7 nitrogen and oxygen atoms in total. The van der Waals surface area contributed by atoms with E-state index in [2.05, 4.69) is 10.6 Å². The van der Waals surface area contributed by atoms with E-state index in [1.54, 1.807) is 24.1 Å². The summed E-state index contributed by atoms with van der Waals surface area (Å²) in [7, 11) is 1.57. The molecule has 0 aliphatic carbocycles. The number of nitrogens with one attached hydrogen (secondary N) is 2. The summed E-state index contributed by atoms with van der Waals surface area (Å²) in [6, 6.07) is 22.1. The molecule has 2 N–H and O–H groups in total. The first-order valence-electron chi connectivity index (χ1n) is 10.3. The number of carbonyl (C=O) groups is 3. The molecule has 160 valence electrons. The summed E-state index contributed by atoms with van der Waals surface area (Å²) in [5.74, 6) is 0.00436. The van der Waals surface area contributed by atoms with Crippen LogP contribution in [0.1, 0.15) is 21.5 Å². The van der Waals surface area contributed by atoms with E-state index in [4.69, 9.17) is 4.74 Å². The molecule has 0 spiro atoms. The number of ether oxygens (including phenoxy) is 1. The molecule has 0 bridgehead atoms. The molecule has 0 radical (unpaired) electrons. The second-order valence-corrected chi connectivity index (χ2v) is 7.94. The summed E-state index contributed by atoms with van der Waals surface area (Å²) < 4.78 is 5.26. The number of benzene rings is 3. The largest absolute Gasteiger partial charge is 0.497 e. The fourth-order valence-electron chi connectivity index (χ4n) is 4.37. The van der Waals surface area contributed by atoms with Crippen LogP contribution in [0.2, 0.25) is 0 Å². The van der Waals surface area contributed by atoms with Gasteiger partial charge in [0.25, 0.3) is 11.8 Å². The first-order chi connectivity index (χ1) is 15.5. The molecule has 1 atom stereocenters. The third-order valence-electron chi connectivity index (χ3n) is 6.05. The number of hydrogen-bond donors (Lipinski definition) is 2. The maximum atomic E-state index is 13.0. The molecular formula is C25H21N3O4. The van der Waals surface area contributed by atoms with Gasteiger partial charge in [-0.25, -0.2) is 4.79 Å². The van der Waals surface area contributed by atoms with E-state index in [-0.39, 0.29) is 12.5 Å². The highest BCUT2D eigenvalue weighted by molar-refractivity contribution is 6.08. The smallest absolute Gasteiger partial charge is 0.322 e. The van der Waals surface area contributed by atoms with Gasteiger partial charge in [0.05, 0.1) is 13.7 Å². The first kappa shape index (κ1) is 19.8. The topological polar surface area (TPSA) is 87.7 Å². The molecule has 3 aromatic carbocycles. The maximum absolute atomic E-state index is 13.0. The molecular weight excluding hydrogens is 406 g/mol. The summed E-state index contributed by atoms with van der Waals surface area (Å²) in [6.45, 7) is 0.351. The highest BCUT2D eigenvalue weighted by atomic mass is 16.5. The van der Waals surface area contributed by atoms with E-state index >= 15 is 0 Å². The Hall–Kier alpha value is -4.13. The summed E-state index contributed by atoms with van der Waals surface area (Å²) in [5, 5.41) is 5.11. The fourth-order valence-corrected chi connectivity index (χ4v) is 4.37. The van der Waals surface area contributed by atoms with Crippen molar-refractivity contribution in [2.24, 2.45) is 0 Å². The molecule has 2 aliphatic heterocycles. The third-order valence-corrected chi connectivity index (χ3v) is 6.05. The molecule has 0 aromatic heterocycles. The summed E-state index contributed by atoms with van der Waals surface area (Å²) in [5.41, 5.74) is 2.69. The van der Waals surface area contributed by atoms with Gasteiger partial charge in [0.2, 0.25) is 0 Å². The zero-order valence-electron chi connectivity index (χ0n) is 17.4. The number of fused-ring (bicyclic) bond motifs is 1. The van der Waals surface area contributed by atoms with Crippen molar-refractivity contribution in [2.75, 3.05) is 13.7 Å². The Morgan fingerprint density at radius 1 is 0.938 bits per heavy atom. The zero-order valence-corrected chi connectivity index (χ0v) is 17.4. The van der Waals surface area contributed by atoms with Crippen LogP contribution in [0.25, 0.3) is 11.1 Å². The molecule has 1 saturated heterocycles. The van der Waals surface area contributed by atoms with E-state index in [1.807, 2.05) is 60.7 Å². The van der Waals surface area contributed by atoms with E-state index in [0.717, 1.165) is 16.7 Å². The Morgan fingerprint density at radius 2 is 1.66 bits per heavy atom. The number of nitrogens with zero attached hydrogens (tertiary/aromatic N) is 1. The van der Waals surface area contributed by atoms with Crippen molar-refractivity contribution in [3.05, 3.63) is 89.5 Å². The Bertz CT molecular complexity index is 1220. The van der Waals surface area contributed by atoms with E-state index in [0.29, 0.717) is 23.4 Å². The van der Waals surface area contributed by atoms with Crippen LogP contribution in [0.3, 0.4) is 0 Å². The van der Waals surface area contributed by atoms with E-state index in [9.17, 15) is 14.4 Å². The normalized spacial score (nSPS) is 19.5. The Kier molecular flexibility index (Phi) is 4.66. The Labute approximate surface area is 185 Å². The molecule has 1 fully saturated rings. The first-order valence-corrected chi connectivity index (χ1v) is 10.3. The van der Waals surface area contributed by atoms with Crippen molar-refractivity contribution in [1.82, 2.24) is 15.5 Å². The summed E-state index contributed by atoms with van der Waals surface area (Å²) in [6.07, 6.45) is 0. The van der Waals surface area contributed by atoms with Crippen molar-refractivity contribution in [3.63, 3.8) is 0 Å². The van der Waals surface area contributed by atoms with Gasteiger partial charge < -0.3 is 15.0 Å². The van der Waals surface area contributed by atoms with Gasteiger partial charge in [-0.2, -0.15) is 0 Å². The van der Waals surface area contributed by atoms with Gasteiger partial charge in [-0.15, -0.1) is 0 Å². The highest BCUT2D eigenvalue weighted by Crippen LogP contribution is 2.33. The lowest BCUT2D eigenvalue weighted by Crippen LogP contribution is -2.52. The average Bonchev–Trinajstić information content (AvgIpc) is 3.29. The lowest BCUT2D eigenvalue weighted by atomic mass is 9.88. The van der Waals surface area contributed by atoms with Gasteiger partial charge in [0.15, 0.2) is 5.54 Å². The number of hydrogen-bond acceptors (Lipinski definition) is 4. The molecule has 4 amide bonds. The molecule has 0 saturated carbocycles. The van der Waals surface area contributed by atoms with Crippen LogP contribution >= 0.6 is 0 Å². The quantitative estimate of drug-likeness (QED) is 0.613. The molecule has 5 rings (SSSR count). The van der Waals surface area contributed by atoms with Crippen LogP contribution in [-0.4, -0.2) is 36.4 Å². The molecule has 2 heterocycles. The Balaban J connectivity index is 1.48. The summed E-state index contributed by atoms with van der Waals surface area (Å²) >= 11 is 0. The number of carbonyl (C=O) groups excluding carboxylic acids is 3. The monoisotopic (exact) mass is 427 g/mol. The molecule has 32 heavy (non-hydrogen) atoms. The number of amides is 4. The standard InChI is InChI=1S/C25H21N3O4/c1-32-20-11-12-21-18(13-20)14-28(22(21)29)15-25(23(30)26-24(31)27-25)19-9-7-17(8-10-19)16-5-3-2-4-6-16/h2-13H,14-15H2,1H3,(H2,26,27,30,31). The van der Waals surface area contributed by atoms with Gasteiger partial charge in [-0.05, 0) is 40.5 Å². The van der Waals surface area contributed by atoms with Crippen LogP contribution in [-0.2, 0) is 16.9 Å². The molecule has 7 heteroatoms. The fraction of sp³-hybridized carbons (Fsp3) is 0.160. The molecule has 3 aromatic rings. The lowest BCUT2D eigenvalue weighted by molar-refractivity contribution is -0.124. The zero-order chi connectivity index (χ0) is 22.3.